The molecule has 1 N–H and O–H groups in total. The number of fused-ring (bicyclic) bond motifs is 2. The Morgan fingerprint density at radius 2 is 1.84 bits per heavy atom. The van der Waals surface area contributed by atoms with E-state index in [1.807, 2.05) is 61.6 Å². The van der Waals surface area contributed by atoms with E-state index in [2.05, 4.69) is 6.92 Å². The average molecular weight is 523 g/mol. The third-order valence-corrected chi connectivity index (χ3v) is 8.50. The van der Waals surface area contributed by atoms with Crippen LogP contribution in [0.4, 0.5) is 0 Å². The largest absolute Gasteiger partial charge is 0.465 e. The van der Waals surface area contributed by atoms with Crippen LogP contribution >= 0.6 is 0 Å². The predicted molar refractivity (Wildman–Crippen MR) is 141 cm³/mol. The Bertz CT molecular complexity index is 1120. The van der Waals surface area contributed by atoms with Crippen molar-refractivity contribution in [1.82, 2.24) is 9.80 Å². The van der Waals surface area contributed by atoms with Gasteiger partial charge in [-0.15, -0.1) is 0 Å². The van der Waals surface area contributed by atoms with E-state index in [0.717, 1.165) is 37.7 Å². The summed E-state index contributed by atoms with van der Waals surface area (Å²) in [5.41, 5.74) is -1.77. The maximum atomic E-state index is 14.5. The summed E-state index contributed by atoms with van der Waals surface area (Å²) in [6, 6.07) is 7.44. The molecule has 8 heteroatoms. The summed E-state index contributed by atoms with van der Waals surface area (Å²) in [5, 5.41) is 10.6. The number of hydrogen-bond donors (Lipinski definition) is 1. The molecule has 1 unspecified atom stereocenters. The number of ether oxygens (including phenoxy) is 2. The normalized spacial score (nSPS) is 34.7. The van der Waals surface area contributed by atoms with E-state index >= 15 is 0 Å². The first-order chi connectivity index (χ1) is 18.4. The van der Waals surface area contributed by atoms with E-state index in [4.69, 9.17) is 9.47 Å². The van der Waals surface area contributed by atoms with E-state index < -0.39 is 41.1 Å². The monoisotopic (exact) mass is 522 g/mol. The van der Waals surface area contributed by atoms with Gasteiger partial charge in [0.05, 0.1) is 30.8 Å². The number of hydrogen-bond acceptors (Lipinski definition) is 6. The summed E-state index contributed by atoms with van der Waals surface area (Å²) in [6.45, 7) is 4.75. The first-order valence-corrected chi connectivity index (χ1v) is 13.9. The number of carbonyl (C=O) groups is 3. The van der Waals surface area contributed by atoms with Crippen LogP contribution in [0, 0.1) is 11.8 Å². The minimum Gasteiger partial charge on any atom is -0.465 e. The molecular formula is C30H38N2O6. The van der Waals surface area contributed by atoms with Gasteiger partial charge < -0.3 is 24.4 Å². The van der Waals surface area contributed by atoms with Crippen LogP contribution < -0.4 is 0 Å². The van der Waals surface area contributed by atoms with Crippen molar-refractivity contribution in [2.75, 3.05) is 26.3 Å². The van der Waals surface area contributed by atoms with Gasteiger partial charge in [0, 0.05) is 13.1 Å². The number of nitrogens with zero attached hydrogens (tertiary/aromatic N) is 2. The molecule has 0 aromatic heterocycles. The van der Waals surface area contributed by atoms with E-state index in [9.17, 15) is 19.5 Å². The van der Waals surface area contributed by atoms with Gasteiger partial charge in [-0.3, -0.25) is 14.4 Å². The second-order valence-electron chi connectivity index (χ2n) is 11.0. The van der Waals surface area contributed by atoms with Crippen LogP contribution in [0.2, 0.25) is 0 Å². The summed E-state index contributed by atoms with van der Waals surface area (Å²) in [5.74, 6) is -2.96. The lowest BCUT2D eigenvalue weighted by Crippen LogP contribution is -2.57. The first kappa shape index (κ1) is 26.6. The smallest absolute Gasteiger partial charge is 0.313 e. The van der Waals surface area contributed by atoms with Gasteiger partial charge >= 0.3 is 5.97 Å². The third kappa shape index (κ3) is 4.28. The van der Waals surface area contributed by atoms with Gasteiger partial charge in [0.2, 0.25) is 11.8 Å². The Balaban J connectivity index is 1.67. The summed E-state index contributed by atoms with van der Waals surface area (Å²) in [7, 11) is 0. The zero-order valence-electron chi connectivity index (χ0n) is 22.3. The highest BCUT2D eigenvalue weighted by atomic mass is 16.6. The first-order valence-electron chi connectivity index (χ1n) is 13.9. The van der Waals surface area contributed by atoms with Crippen LogP contribution in [-0.4, -0.2) is 76.2 Å². The Labute approximate surface area is 224 Å². The number of esters is 1. The fraction of sp³-hybridized carbons (Fsp3) is 0.567. The summed E-state index contributed by atoms with van der Waals surface area (Å²) < 4.78 is 12.5. The van der Waals surface area contributed by atoms with Gasteiger partial charge in [-0.25, -0.2) is 0 Å². The molecule has 5 rings (SSSR count). The van der Waals surface area contributed by atoms with Crippen LogP contribution in [0.15, 0.2) is 54.6 Å². The molecule has 8 nitrogen and oxygen atoms in total. The highest BCUT2D eigenvalue weighted by Crippen LogP contribution is 2.58. The lowest BCUT2D eigenvalue weighted by molar-refractivity contribution is -0.161. The quantitative estimate of drug-likeness (QED) is 0.456. The van der Waals surface area contributed by atoms with Crippen LogP contribution in [0.3, 0.4) is 0 Å². The zero-order chi connectivity index (χ0) is 26.9. The van der Waals surface area contributed by atoms with Crippen LogP contribution in [-0.2, 0) is 23.9 Å². The molecule has 1 spiro atoms. The summed E-state index contributed by atoms with van der Waals surface area (Å²) in [4.78, 5) is 45.7. The van der Waals surface area contributed by atoms with Gasteiger partial charge in [-0.1, -0.05) is 68.0 Å². The van der Waals surface area contributed by atoms with Gasteiger partial charge in [-0.05, 0) is 38.2 Å². The van der Waals surface area contributed by atoms with E-state index in [1.54, 1.807) is 4.90 Å². The highest BCUT2D eigenvalue weighted by molar-refractivity contribution is 5.99. The molecule has 0 radical (unpaired) electrons. The fourth-order valence-electron chi connectivity index (χ4n) is 6.70. The lowest BCUT2D eigenvalue weighted by atomic mass is 9.74. The van der Waals surface area contributed by atoms with Crippen molar-refractivity contribution in [3.8, 4) is 0 Å². The average Bonchev–Trinajstić information content (AvgIpc) is 3.24. The van der Waals surface area contributed by atoms with Crippen molar-refractivity contribution in [2.45, 2.75) is 69.2 Å². The number of aliphatic hydroxyl groups is 1. The van der Waals surface area contributed by atoms with Gasteiger partial charge in [0.25, 0.3) is 0 Å². The van der Waals surface area contributed by atoms with Crippen molar-refractivity contribution in [3.63, 3.8) is 0 Å². The number of cyclic esters (lactones) is 1. The lowest BCUT2D eigenvalue weighted by Gasteiger charge is -2.40. The van der Waals surface area contributed by atoms with Crippen molar-refractivity contribution in [3.05, 3.63) is 60.2 Å². The number of benzene rings is 1. The Morgan fingerprint density at radius 3 is 2.58 bits per heavy atom. The molecule has 4 heterocycles. The minimum absolute atomic E-state index is 0.224. The van der Waals surface area contributed by atoms with Gasteiger partial charge in [0.1, 0.15) is 17.6 Å². The van der Waals surface area contributed by atoms with Crippen LogP contribution in [0.1, 0.15) is 57.6 Å². The SMILES string of the molecule is CCCCN1CC=C[C@]23O[C@@]4(C)/C=C\CCCCOC(=O)[C@H]4[C@H]2C(=O)N([C@H](CO)c2ccccc2)C3C1=O. The molecule has 0 bridgehead atoms. The molecule has 1 aromatic rings. The number of aliphatic hydroxyl groups excluding tert-OH is 1. The molecule has 204 valence electrons. The van der Waals surface area contributed by atoms with E-state index in [-0.39, 0.29) is 25.0 Å². The van der Waals surface area contributed by atoms with Crippen molar-refractivity contribution >= 4 is 17.8 Å². The molecule has 0 saturated carbocycles. The molecule has 38 heavy (non-hydrogen) atoms. The topological polar surface area (TPSA) is 96.4 Å². The van der Waals surface area contributed by atoms with Gasteiger partial charge in [0.15, 0.2) is 0 Å². The molecule has 6 atom stereocenters. The molecule has 4 aliphatic rings. The molecule has 2 fully saturated rings. The standard InChI is InChI=1S/C30H38N2O6/c1-3-4-17-31-18-12-16-30-23(24-28(36)37-19-11-6-5-10-15-29(24,2)38-30)26(34)32(25(30)27(31)35)22(20-33)21-13-8-7-9-14-21/h7-10,12-16,22-25,33H,3-6,11,17-20H2,1-2H3/b15-10-/t22-,23+,24-,25?,29+,30+/m1/s1. The fourth-order valence-corrected chi connectivity index (χ4v) is 6.70. The Hall–Kier alpha value is -2.97. The Morgan fingerprint density at radius 1 is 1.05 bits per heavy atom. The van der Waals surface area contributed by atoms with E-state index in [0.29, 0.717) is 13.1 Å². The predicted octanol–water partition coefficient (Wildman–Crippen LogP) is 3.17. The Kier molecular flexibility index (Phi) is 7.47. The van der Waals surface area contributed by atoms with Crippen molar-refractivity contribution in [2.24, 2.45) is 11.8 Å². The molecule has 2 amide bonds. The molecule has 4 aliphatic heterocycles. The van der Waals surface area contributed by atoms with E-state index in [1.165, 1.54) is 4.90 Å². The highest BCUT2D eigenvalue weighted by Gasteiger charge is 2.75. The maximum absolute atomic E-state index is 14.5. The summed E-state index contributed by atoms with van der Waals surface area (Å²) >= 11 is 0. The number of rotatable bonds is 6. The molecule has 2 saturated heterocycles. The number of allylic oxidation sites excluding steroid dienone is 1. The number of carbonyl (C=O) groups excluding carboxylic acids is 3. The zero-order valence-corrected chi connectivity index (χ0v) is 22.3. The van der Waals surface area contributed by atoms with Crippen molar-refractivity contribution in [1.29, 1.82) is 0 Å². The molecular weight excluding hydrogens is 484 g/mol. The third-order valence-electron chi connectivity index (χ3n) is 8.50. The van der Waals surface area contributed by atoms with Crippen LogP contribution in [0.5, 0.6) is 0 Å². The summed E-state index contributed by atoms with van der Waals surface area (Å²) in [6.07, 6.45) is 11.8. The molecule has 1 aromatic carbocycles. The van der Waals surface area contributed by atoms with Crippen molar-refractivity contribution < 1.29 is 29.0 Å². The maximum Gasteiger partial charge on any atom is 0.313 e. The van der Waals surface area contributed by atoms with Gasteiger partial charge in [-0.2, -0.15) is 0 Å². The minimum atomic E-state index is -1.37. The second-order valence-corrected chi connectivity index (χ2v) is 11.0. The number of amides is 2. The number of likely N-dealkylation sites (tertiary alicyclic amines) is 1. The van der Waals surface area contributed by atoms with Crippen LogP contribution in [0.25, 0.3) is 0 Å². The molecule has 0 aliphatic carbocycles. The number of unbranched alkanes of at least 4 members (excludes halogenated alkanes) is 1. The second kappa shape index (κ2) is 10.7.